The quantitative estimate of drug-likeness (QED) is 0.186. The van der Waals surface area contributed by atoms with E-state index < -0.39 is 45.6 Å². The topological polar surface area (TPSA) is 0 Å². The number of fused-ring (bicyclic) bond motifs is 6. The van der Waals surface area contributed by atoms with E-state index in [4.69, 9.17) is 0 Å². The summed E-state index contributed by atoms with van der Waals surface area (Å²) in [5, 5.41) is 0. The van der Waals surface area contributed by atoms with Crippen molar-refractivity contribution >= 4 is 12.4 Å². The summed E-state index contributed by atoms with van der Waals surface area (Å²) in [6.45, 7) is 45.9. The Kier molecular flexibility index (Phi) is 21.9. The molecule has 0 fully saturated rings. The van der Waals surface area contributed by atoms with Gasteiger partial charge in [-0.25, -0.2) is 0 Å². The first-order valence-electron chi connectivity index (χ1n) is 25.6. The number of halogens is 4. The maximum absolute atomic E-state index is 2.63. The van der Waals surface area contributed by atoms with Crippen molar-refractivity contribution in [3.8, 4) is 22.3 Å². The molecule has 0 saturated carbocycles. The molecule has 0 radical (unpaired) electrons. The van der Waals surface area contributed by atoms with Crippen molar-refractivity contribution in [1.29, 1.82) is 0 Å². The summed E-state index contributed by atoms with van der Waals surface area (Å²) in [5.41, 5.74) is 24.4. The van der Waals surface area contributed by atoms with Crippen molar-refractivity contribution in [2.75, 3.05) is 0 Å². The van der Waals surface area contributed by atoms with Gasteiger partial charge in [0, 0.05) is 0 Å². The molecule has 0 bridgehead atoms. The van der Waals surface area contributed by atoms with E-state index in [9.17, 15) is 0 Å². The van der Waals surface area contributed by atoms with Crippen LogP contribution in [0.1, 0.15) is 189 Å². The van der Waals surface area contributed by atoms with Gasteiger partial charge < -0.3 is 49.6 Å². The van der Waals surface area contributed by atoms with Crippen molar-refractivity contribution in [3.05, 3.63) is 160 Å². The minimum absolute atomic E-state index is 0. The van der Waals surface area contributed by atoms with Crippen LogP contribution in [0.15, 0.2) is 115 Å². The second kappa shape index (κ2) is 24.2. The molecule has 0 aromatic heterocycles. The Morgan fingerprint density at radius 1 is 0.514 bits per heavy atom. The Balaban J connectivity index is 0.000000351. The van der Waals surface area contributed by atoms with E-state index in [0.717, 1.165) is 0 Å². The predicted octanol–water partition coefficient (Wildman–Crippen LogP) is 6.49. The van der Waals surface area contributed by atoms with Crippen molar-refractivity contribution in [2.24, 2.45) is 0 Å². The Hall–Kier alpha value is -1.14. The molecule has 0 spiro atoms. The minimum atomic E-state index is -1.61. The normalized spacial score (nSPS) is 15.3. The molecule has 0 N–H and O–H groups in total. The van der Waals surface area contributed by atoms with Crippen LogP contribution in [-0.2, 0) is 54.9 Å². The summed E-state index contributed by atoms with van der Waals surface area (Å²) < 4.78 is 5.09. The van der Waals surface area contributed by atoms with E-state index >= 15 is 0 Å². The largest absolute Gasteiger partial charge is 1.00 e. The molecule has 0 aliphatic heterocycles. The summed E-state index contributed by atoms with van der Waals surface area (Å²) in [6, 6.07) is 29.8. The first kappa shape index (κ1) is 63.2. The summed E-state index contributed by atoms with van der Waals surface area (Å²) in [5.74, 6) is 0. The van der Waals surface area contributed by atoms with Gasteiger partial charge in [0.2, 0.25) is 0 Å². The second-order valence-electron chi connectivity index (χ2n) is 24.5. The van der Waals surface area contributed by atoms with Gasteiger partial charge in [-0.2, -0.15) is 0 Å². The molecule has 0 saturated heterocycles. The van der Waals surface area contributed by atoms with Crippen LogP contribution >= 0.6 is 0 Å². The molecule has 376 valence electrons. The second-order valence-corrected chi connectivity index (χ2v) is 48.5. The molecule has 4 aromatic carbocycles. The Bertz CT molecular complexity index is 2660. The minimum Gasteiger partial charge on any atom is -1.00 e. The van der Waals surface area contributed by atoms with Gasteiger partial charge in [0.25, 0.3) is 0 Å². The van der Waals surface area contributed by atoms with Gasteiger partial charge in [-0.15, -0.1) is 0 Å². The summed E-state index contributed by atoms with van der Waals surface area (Å²) in [7, 11) is 0. The van der Waals surface area contributed by atoms with Crippen LogP contribution in [0.25, 0.3) is 22.3 Å². The molecule has 4 aromatic rings. The van der Waals surface area contributed by atoms with Crippen LogP contribution in [0.5, 0.6) is 0 Å². The van der Waals surface area contributed by atoms with Gasteiger partial charge in [-0.05, 0) is 0 Å². The van der Waals surface area contributed by atoms with E-state index in [1.54, 1.807) is 39.0 Å². The Morgan fingerprint density at radius 2 is 0.900 bits per heavy atom. The van der Waals surface area contributed by atoms with E-state index in [1.807, 2.05) is 7.76 Å². The molecule has 8 rings (SSSR count). The number of hydrogen-bond donors (Lipinski definition) is 0. The van der Waals surface area contributed by atoms with Crippen molar-refractivity contribution in [2.45, 2.75) is 192 Å². The maximum atomic E-state index is 2.63. The van der Waals surface area contributed by atoms with Gasteiger partial charge in [0.05, 0.1) is 0 Å². The van der Waals surface area contributed by atoms with E-state index in [0.29, 0.717) is 8.45 Å². The van der Waals surface area contributed by atoms with E-state index in [-0.39, 0.29) is 71.3 Å². The SMILES string of the molecule is CCC1=CC[C]([Ti]([CH]2c3cc(C(C)(C)C)ccc3-c3ccc(C(C)(C)C)cc32)=[Si](C)C)=C1CC.CCC1=[C]([Ti+4]([CH]2c3cc(C(C)(C)C)ccc3-c3ccc(C(C)(C)C)cc32)=[Si](C)C)CC=C1.[Cl-].[Cl-].[Cl-].[Cl-]. The van der Waals surface area contributed by atoms with Gasteiger partial charge in [-0.1, -0.05) is 0 Å². The molecule has 0 amide bonds. The Labute approximate surface area is 465 Å². The van der Waals surface area contributed by atoms with Gasteiger partial charge in [0.1, 0.15) is 0 Å². The van der Waals surface area contributed by atoms with Gasteiger partial charge >= 0.3 is 420 Å². The molecule has 4 aliphatic rings. The number of allylic oxidation sites excluding steroid dienone is 8. The van der Waals surface area contributed by atoms with Crippen molar-refractivity contribution in [3.63, 3.8) is 0 Å². The molecule has 0 nitrogen and oxygen atoms in total. The number of hydrogen-bond acceptors (Lipinski definition) is 0. The zero-order valence-electron chi connectivity index (χ0n) is 46.4. The summed E-state index contributed by atoms with van der Waals surface area (Å²) in [6.07, 6.45) is 12.7. The van der Waals surface area contributed by atoms with Crippen molar-refractivity contribution < 1.29 is 82.8 Å². The molecule has 0 atom stereocenters. The molecule has 0 unspecified atom stereocenters. The van der Waals surface area contributed by atoms with Gasteiger partial charge in [0.15, 0.2) is 0 Å². The van der Waals surface area contributed by atoms with E-state index in [1.165, 1.54) is 76.6 Å². The van der Waals surface area contributed by atoms with Crippen LogP contribution in [0.3, 0.4) is 0 Å². The fourth-order valence-electron chi connectivity index (χ4n) is 11.4. The smallest absolute Gasteiger partial charge is 1.00 e. The number of rotatable bonds is 7. The molecule has 70 heavy (non-hydrogen) atoms. The first-order valence-corrected chi connectivity index (χ1v) is 38.6. The van der Waals surface area contributed by atoms with Crippen molar-refractivity contribution in [1.82, 2.24) is 0 Å². The third-order valence-electron chi connectivity index (χ3n) is 15.2. The number of benzene rings is 4. The monoisotopic (exact) mass is 1120 g/mol. The van der Waals surface area contributed by atoms with Crippen LogP contribution in [0, 0.1) is 0 Å². The van der Waals surface area contributed by atoms with Crippen LogP contribution in [0.4, 0.5) is 0 Å². The zero-order chi connectivity index (χ0) is 48.4. The fraction of sp³-hybridized carbons (Fsp3) is 0.484. The van der Waals surface area contributed by atoms with E-state index in [2.05, 4.69) is 221 Å². The Morgan fingerprint density at radius 3 is 1.23 bits per heavy atom. The average molecular weight is 1120 g/mol. The summed E-state index contributed by atoms with van der Waals surface area (Å²) >= 11 is -3.16. The van der Waals surface area contributed by atoms with Gasteiger partial charge in [-0.3, -0.25) is 0 Å². The fourth-order valence-corrected chi connectivity index (χ4v) is 37.1. The average Bonchev–Trinajstić information content (AvgIpc) is 4.02. The summed E-state index contributed by atoms with van der Waals surface area (Å²) in [4.78, 5) is 0. The van der Waals surface area contributed by atoms with Crippen LogP contribution in [0.2, 0.25) is 26.2 Å². The predicted molar refractivity (Wildman–Crippen MR) is 289 cm³/mol. The third-order valence-corrected chi connectivity index (χ3v) is 39.8. The molecular formula is C62H84Cl4Si2Ti2. The maximum Gasteiger partial charge on any atom is -1.00 e. The molecular weight excluding hydrogens is 1040 g/mol. The molecule has 4 aliphatic carbocycles. The van der Waals surface area contributed by atoms with Crippen LogP contribution < -0.4 is 49.6 Å². The third kappa shape index (κ3) is 12.6. The molecule has 0 heterocycles. The molecule has 8 heteroatoms. The zero-order valence-corrected chi connectivity index (χ0v) is 54.5. The first-order chi connectivity index (χ1) is 30.8. The standard InChI is InChI=1S/2C21H25.C9H13.C7H9.2C2H6Si.4ClH.2Ti/c2*1-20(2,3)16-7-9-18-14(12-16)11-15-13-17(21(4,5)6)8-10-19(15)18;1-3-8-6-5-7-9(8)4-2;1-2-7-5-3-4-6-7;2*1-3-2;;;;;;/h2*7-13H,1-6H3;6H,3-5H2,1-2H3;3,5H,2,4H2,1H3;2*1-2H3;4*1H;;/q;;;;;;;;;;;+4/p-4. The van der Waals surface area contributed by atoms with Crippen LogP contribution in [-0.4, -0.2) is 12.4 Å².